The smallest absolute Gasteiger partial charge is 0.255 e. The molecule has 2 amide bonds. The number of rotatable bonds is 8. The lowest BCUT2D eigenvalue weighted by atomic mass is 9.94. The number of primary amides is 1. The number of hydrogen-bond acceptors (Lipinski definition) is 5. The number of nitrogens with one attached hydrogen (secondary N) is 1. The topological polar surface area (TPSA) is 91.6 Å². The first-order valence-corrected chi connectivity index (χ1v) is 11.2. The molecule has 4 rings (SSSR count). The SMILES string of the molecule is NC(=O)CNCC1CN(C(=O)c2cccnc2)CCN1C(c1ccccc1)c1ccccc1. The first-order chi connectivity index (χ1) is 16.1. The van der Waals surface area contributed by atoms with Crippen LogP contribution in [0.3, 0.4) is 0 Å². The van der Waals surface area contributed by atoms with Crippen molar-refractivity contribution in [3.63, 3.8) is 0 Å². The van der Waals surface area contributed by atoms with Crippen LogP contribution < -0.4 is 11.1 Å². The van der Waals surface area contributed by atoms with Gasteiger partial charge in [-0.3, -0.25) is 19.5 Å². The highest BCUT2D eigenvalue weighted by atomic mass is 16.2. The van der Waals surface area contributed by atoms with Crippen molar-refractivity contribution in [2.24, 2.45) is 5.73 Å². The Morgan fingerprint density at radius 1 is 0.970 bits per heavy atom. The molecule has 0 saturated carbocycles. The quantitative estimate of drug-likeness (QED) is 0.556. The van der Waals surface area contributed by atoms with E-state index < -0.39 is 5.91 Å². The number of carbonyl (C=O) groups excluding carboxylic acids is 2. The van der Waals surface area contributed by atoms with E-state index in [9.17, 15) is 9.59 Å². The van der Waals surface area contributed by atoms with Crippen LogP contribution in [0, 0.1) is 0 Å². The molecule has 0 radical (unpaired) electrons. The van der Waals surface area contributed by atoms with Gasteiger partial charge < -0.3 is 16.0 Å². The maximum absolute atomic E-state index is 13.1. The highest BCUT2D eigenvalue weighted by Gasteiger charge is 2.35. The maximum Gasteiger partial charge on any atom is 0.255 e. The van der Waals surface area contributed by atoms with Gasteiger partial charge in [0.2, 0.25) is 5.91 Å². The lowest BCUT2D eigenvalue weighted by molar-refractivity contribution is -0.117. The minimum atomic E-state index is -0.400. The zero-order valence-electron chi connectivity index (χ0n) is 18.5. The van der Waals surface area contributed by atoms with Crippen LogP contribution in [0.1, 0.15) is 27.5 Å². The third-order valence-electron chi connectivity index (χ3n) is 5.97. The number of carbonyl (C=O) groups is 2. The standard InChI is InChI=1S/C26H29N5O2/c27-24(32)18-29-17-23-19-30(26(33)22-12-7-13-28-16-22)14-15-31(23)25(20-8-3-1-4-9-20)21-10-5-2-6-11-21/h1-13,16,23,25,29H,14-15,17-19H2,(H2,27,32). The molecule has 7 heteroatoms. The van der Waals surface area contributed by atoms with Gasteiger partial charge >= 0.3 is 0 Å². The fourth-order valence-electron chi connectivity index (χ4n) is 4.46. The van der Waals surface area contributed by atoms with Crippen molar-refractivity contribution >= 4 is 11.8 Å². The van der Waals surface area contributed by atoms with Crippen molar-refractivity contribution in [3.8, 4) is 0 Å². The molecule has 2 aromatic carbocycles. The number of nitrogens with zero attached hydrogens (tertiary/aromatic N) is 3. The van der Waals surface area contributed by atoms with E-state index in [1.807, 2.05) is 41.3 Å². The Balaban J connectivity index is 1.62. The highest BCUT2D eigenvalue weighted by Crippen LogP contribution is 2.32. The Bertz CT molecular complexity index is 1010. The van der Waals surface area contributed by atoms with Gasteiger partial charge in [-0.25, -0.2) is 0 Å². The summed E-state index contributed by atoms with van der Waals surface area (Å²) in [6, 6.07) is 24.4. The summed E-state index contributed by atoms with van der Waals surface area (Å²) in [4.78, 5) is 32.8. The molecule has 1 aromatic heterocycles. The predicted octanol–water partition coefficient (Wildman–Crippen LogP) is 2.07. The lowest BCUT2D eigenvalue weighted by Crippen LogP contribution is -2.59. The van der Waals surface area contributed by atoms with E-state index in [0.717, 1.165) is 0 Å². The molecule has 0 spiro atoms. The Morgan fingerprint density at radius 2 is 1.64 bits per heavy atom. The van der Waals surface area contributed by atoms with Crippen LogP contribution >= 0.6 is 0 Å². The van der Waals surface area contributed by atoms with E-state index in [1.54, 1.807) is 24.5 Å². The molecule has 0 bridgehead atoms. The van der Waals surface area contributed by atoms with Crippen LogP contribution in [-0.4, -0.2) is 65.4 Å². The minimum Gasteiger partial charge on any atom is -0.369 e. The molecule has 1 fully saturated rings. The molecule has 7 nitrogen and oxygen atoms in total. The molecular weight excluding hydrogens is 414 g/mol. The van der Waals surface area contributed by atoms with E-state index in [-0.39, 0.29) is 24.5 Å². The van der Waals surface area contributed by atoms with Gasteiger partial charge in [0, 0.05) is 44.6 Å². The molecule has 1 aliphatic rings. The van der Waals surface area contributed by atoms with Crippen LogP contribution in [0.4, 0.5) is 0 Å². The molecule has 3 N–H and O–H groups in total. The molecular formula is C26H29N5O2. The van der Waals surface area contributed by atoms with Crippen molar-refractivity contribution in [1.82, 2.24) is 20.1 Å². The zero-order valence-corrected chi connectivity index (χ0v) is 18.5. The summed E-state index contributed by atoms with van der Waals surface area (Å²) < 4.78 is 0. The second-order valence-corrected chi connectivity index (χ2v) is 8.21. The number of amides is 2. The Morgan fingerprint density at radius 3 is 2.21 bits per heavy atom. The molecule has 1 aliphatic heterocycles. The van der Waals surface area contributed by atoms with Gasteiger partial charge in [-0.1, -0.05) is 60.7 Å². The fourth-order valence-corrected chi connectivity index (χ4v) is 4.46. The number of pyridine rings is 1. The molecule has 3 aromatic rings. The zero-order chi connectivity index (χ0) is 23.0. The number of nitrogens with two attached hydrogens (primary N) is 1. The summed E-state index contributed by atoms with van der Waals surface area (Å²) in [5.74, 6) is -0.429. The van der Waals surface area contributed by atoms with Gasteiger partial charge in [0.15, 0.2) is 0 Å². The van der Waals surface area contributed by atoms with Gasteiger partial charge in [-0.15, -0.1) is 0 Å². The minimum absolute atomic E-state index is 0.0101. The van der Waals surface area contributed by atoms with E-state index in [0.29, 0.717) is 31.7 Å². The second-order valence-electron chi connectivity index (χ2n) is 8.21. The molecule has 0 aliphatic carbocycles. The van der Waals surface area contributed by atoms with Gasteiger partial charge in [0.05, 0.1) is 18.2 Å². The lowest BCUT2D eigenvalue weighted by Gasteiger charge is -2.45. The van der Waals surface area contributed by atoms with Gasteiger partial charge in [0.25, 0.3) is 5.91 Å². The Hall–Kier alpha value is -3.55. The van der Waals surface area contributed by atoms with Crippen molar-refractivity contribution in [1.29, 1.82) is 0 Å². The number of hydrogen-bond donors (Lipinski definition) is 2. The maximum atomic E-state index is 13.1. The van der Waals surface area contributed by atoms with E-state index in [2.05, 4.69) is 39.5 Å². The van der Waals surface area contributed by atoms with E-state index >= 15 is 0 Å². The second kappa shape index (κ2) is 10.8. The first-order valence-electron chi connectivity index (χ1n) is 11.2. The van der Waals surface area contributed by atoms with Gasteiger partial charge in [0.1, 0.15) is 0 Å². The predicted molar refractivity (Wildman–Crippen MR) is 127 cm³/mol. The third-order valence-corrected chi connectivity index (χ3v) is 5.97. The number of aromatic nitrogens is 1. The summed E-state index contributed by atoms with van der Waals surface area (Å²) in [7, 11) is 0. The van der Waals surface area contributed by atoms with Crippen molar-refractivity contribution in [2.45, 2.75) is 12.1 Å². The van der Waals surface area contributed by atoms with E-state index in [1.165, 1.54) is 11.1 Å². The average Bonchev–Trinajstić information content (AvgIpc) is 2.86. The summed E-state index contributed by atoms with van der Waals surface area (Å²) >= 11 is 0. The van der Waals surface area contributed by atoms with Crippen LogP contribution in [-0.2, 0) is 4.79 Å². The molecule has 1 unspecified atom stereocenters. The molecule has 1 atom stereocenters. The average molecular weight is 444 g/mol. The molecule has 1 saturated heterocycles. The Labute approximate surface area is 194 Å². The van der Waals surface area contributed by atoms with Crippen molar-refractivity contribution in [2.75, 3.05) is 32.7 Å². The third kappa shape index (κ3) is 5.63. The van der Waals surface area contributed by atoms with Gasteiger partial charge in [-0.2, -0.15) is 0 Å². The highest BCUT2D eigenvalue weighted by molar-refractivity contribution is 5.94. The summed E-state index contributed by atoms with van der Waals surface area (Å²) in [6.45, 7) is 2.48. The summed E-state index contributed by atoms with van der Waals surface area (Å²) in [5, 5.41) is 3.18. The van der Waals surface area contributed by atoms with E-state index in [4.69, 9.17) is 5.73 Å². The monoisotopic (exact) mass is 443 g/mol. The van der Waals surface area contributed by atoms with Crippen LogP contribution in [0.25, 0.3) is 0 Å². The molecule has 170 valence electrons. The van der Waals surface area contributed by atoms with Crippen molar-refractivity contribution < 1.29 is 9.59 Å². The normalized spacial score (nSPS) is 16.6. The Kier molecular flexibility index (Phi) is 7.44. The summed E-state index contributed by atoms with van der Waals surface area (Å²) in [5.41, 5.74) is 8.31. The number of piperazine rings is 1. The fraction of sp³-hybridized carbons (Fsp3) is 0.269. The summed E-state index contributed by atoms with van der Waals surface area (Å²) in [6.07, 6.45) is 3.27. The number of benzene rings is 2. The van der Waals surface area contributed by atoms with Crippen LogP contribution in [0.5, 0.6) is 0 Å². The first kappa shape index (κ1) is 22.6. The van der Waals surface area contributed by atoms with Crippen LogP contribution in [0.15, 0.2) is 85.2 Å². The van der Waals surface area contributed by atoms with Crippen LogP contribution in [0.2, 0.25) is 0 Å². The van der Waals surface area contributed by atoms with Gasteiger partial charge in [-0.05, 0) is 23.3 Å². The molecule has 33 heavy (non-hydrogen) atoms. The van der Waals surface area contributed by atoms with Crippen molar-refractivity contribution in [3.05, 3.63) is 102 Å². The largest absolute Gasteiger partial charge is 0.369 e. The molecule has 2 heterocycles.